The molecule has 0 aliphatic rings. The lowest BCUT2D eigenvalue weighted by Crippen LogP contribution is -2.45. The largest absolute Gasteiger partial charge is 0.462 e. The molecule has 0 N–H and O–H groups in total. The van der Waals surface area contributed by atoms with Gasteiger partial charge in [-0.1, -0.05) is 64.5 Å². The zero-order valence-corrected chi connectivity index (χ0v) is 26.6. The highest BCUT2D eigenvalue weighted by Crippen LogP contribution is 2.39. The Hall–Kier alpha value is -1.74. The molecule has 0 heterocycles. The molecule has 1 aromatic carbocycles. The van der Waals surface area contributed by atoms with Crippen molar-refractivity contribution in [2.75, 3.05) is 6.61 Å². The fourth-order valence-corrected chi connectivity index (χ4v) is 6.20. The van der Waals surface area contributed by atoms with Crippen LogP contribution in [0.3, 0.4) is 0 Å². The summed E-state index contributed by atoms with van der Waals surface area (Å²) in [5.41, 5.74) is 0.961. The number of ether oxygens (including phenoxy) is 1. The lowest BCUT2D eigenvalue weighted by Gasteiger charge is -2.41. The maximum absolute atomic E-state index is 12.7. The molecule has 0 aromatic heterocycles. The highest BCUT2D eigenvalue weighted by atomic mass is 32.2. The summed E-state index contributed by atoms with van der Waals surface area (Å²) in [7, 11) is -5.86. The number of carbonyl (C=O) groups excluding carboxylic acids is 1. The van der Waals surface area contributed by atoms with Gasteiger partial charge in [-0.05, 0) is 62.4 Å². The highest BCUT2D eigenvalue weighted by Gasteiger charge is 2.40. The summed E-state index contributed by atoms with van der Waals surface area (Å²) in [4.78, 5) is 12.8. The van der Waals surface area contributed by atoms with Gasteiger partial charge in [-0.25, -0.2) is 0 Å². The topological polar surface area (TPSA) is 78.9 Å². The van der Waals surface area contributed by atoms with E-state index in [1.54, 1.807) is 18.2 Å². The van der Waals surface area contributed by atoms with E-state index >= 15 is 0 Å². The van der Waals surface area contributed by atoms with E-state index in [2.05, 4.69) is 53.9 Å². The molecular weight excluding hydrogens is 516 g/mol. The average molecular weight is 567 g/mol. The molecule has 0 fully saturated rings. The fraction of sp³-hybridized carbons (Fsp3) is 0.633. The molecule has 0 bridgehead atoms. The van der Waals surface area contributed by atoms with Gasteiger partial charge in [-0.2, -0.15) is 8.42 Å². The lowest BCUT2D eigenvalue weighted by atomic mass is 9.96. The summed E-state index contributed by atoms with van der Waals surface area (Å²) in [6, 6.07) is 6.49. The van der Waals surface area contributed by atoms with Gasteiger partial charge >= 0.3 is 5.97 Å². The van der Waals surface area contributed by atoms with Crippen LogP contribution in [0, 0.1) is 18.8 Å². The van der Waals surface area contributed by atoms with Crippen LogP contribution in [0.2, 0.25) is 18.1 Å². The predicted octanol–water partition coefficient (Wildman–Crippen LogP) is 7.60. The van der Waals surface area contributed by atoms with E-state index in [1.165, 1.54) is 12.1 Å². The average Bonchev–Trinajstić information content (AvgIpc) is 2.81. The van der Waals surface area contributed by atoms with Crippen LogP contribution in [-0.2, 0) is 28.3 Å². The second-order valence-electron chi connectivity index (χ2n) is 11.9. The number of aryl methyl sites for hydroxylation is 1. The third-order valence-electron chi connectivity index (χ3n) is 7.41. The van der Waals surface area contributed by atoms with E-state index in [9.17, 15) is 13.2 Å². The molecular formula is C30H50O6SSi. The van der Waals surface area contributed by atoms with Crippen molar-refractivity contribution >= 4 is 24.4 Å². The van der Waals surface area contributed by atoms with Gasteiger partial charge in [0.15, 0.2) is 8.32 Å². The first-order chi connectivity index (χ1) is 17.5. The van der Waals surface area contributed by atoms with E-state index in [1.807, 2.05) is 19.9 Å². The molecule has 2 unspecified atom stereocenters. The molecule has 6 nitrogen and oxygen atoms in total. The molecule has 1 rings (SSSR count). The van der Waals surface area contributed by atoms with E-state index in [-0.39, 0.29) is 41.0 Å². The van der Waals surface area contributed by atoms with E-state index < -0.39 is 24.5 Å². The number of benzene rings is 1. The minimum absolute atomic E-state index is 0.0463. The van der Waals surface area contributed by atoms with Gasteiger partial charge in [0.25, 0.3) is 10.1 Å². The molecule has 0 amide bonds. The first-order valence-electron chi connectivity index (χ1n) is 13.6. The van der Waals surface area contributed by atoms with Crippen molar-refractivity contribution in [3.05, 3.63) is 55.1 Å². The minimum Gasteiger partial charge on any atom is -0.462 e. The molecule has 1 aromatic rings. The van der Waals surface area contributed by atoms with Crippen LogP contribution in [0.4, 0.5) is 0 Å². The van der Waals surface area contributed by atoms with Crippen molar-refractivity contribution < 1.29 is 26.6 Å². The highest BCUT2D eigenvalue weighted by molar-refractivity contribution is 7.86. The van der Waals surface area contributed by atoms with Crippen molar-refractivity contribution in [3.8, 4) is 0 Å². The maximum Gasteiger partial charge on any atom is 0.306 e. The summed E-state index contributed by atoms with van der Waals surface area (Å²) >= 11 is 0. The van der Waals surface area contributed by atoms with Gasteiger partial charge in [0.05, 0.1) is 11.5 Å². The zero-order chi connectivity index (χ0) is 29.1. The summed E-state index contributed by atoms with van der Waals surface area (Å²) in [5.74, 6) is -0.342. The number of hydrogen-bond acceptors (Lipinski definition) is 6. The Labute approximate surface area is 233 Å². The van der Waals surface area contributed by atoms with Crippen LogP contribution in [0.1, 0.15) is 72.3 Å². The van der Waals surface area contributed by atoms with E-state index in [0.29, 0.717) is 18.8 Å². The summed E-state index contributed by atoms with van der Waals surface area (Å²) in [6.07, 6.45) is 6.05. The summed E-state index contributed by atoms with van der Waals surface area (Å²) in [6.45, 7) is 24.6. The monoisotopic (exact) mass is 566 g/mol. The Morgan fingerprint density at radius 3 is 2.11 bits per heavy atom. The molecule has 0 spiro atoms. The molecule has 216 valence electrons. The number of esters is 1. The van der Waals surface area contributed by atoms with Crippen LogP contribution in [-0.4, -0.2) is 41.5 Å². The van der Waals surface area contributed by atoms with Crippen molar-refractivity contribution in [1.29, 1.82) is 0 Å². The standard InChI is InChI=1S/C30H50O6SSi/c1-11-14-24(4)28(36-38(9,10)30(6,7)8)16-13-17-29(31)35-27(15-12-2)25(5)22-34-37(32,33)26-20-18-23(3)19-21-26/h11-12,18-21,24-25,27-28H,1-2,13-17,22H2,3-10H3/t24?,25-,27-,28?/m1/s1. The Bertz CT molecular complexity index is 995. The number of rotatable bonds is 17. The van der Waals surface area contributed by atoms with Crippen LogP contribution < -0.4 is 0 Å². The number of carbonyl (C=O) groups is 1. The zero-order valence-electron chi connectivity index (χ0n) is 24.8. The van der Waals surface area contributed by atoms with Gasteiger partial charge in [0.1, 0.15) is 6.10 Å². The fourth-order valence-electron chi connectivity index (χ4n) is 3.74. The molecule has 0 saturated carbocycles. The van der Waals surface area contributed by atoms with Crippen molar-refractivity contribution in [1.82, 2.24) is 0 Å². The first-order valence-corrected chi connectivity index (χ1v) is 17.9. The quantitative estimate of drug-likeness (QED) is 0.0836. The van der Waals surface area contributed by atoms with E-state index in [4.69, 9.17) is 13.3 Å². The van der Waals surface area contributed by atoms with Crippen molar-refractivity contribution in [2.45, 2.75) is 109 Å². The Kier molecular flexibility index (Phi) is 13.7. The molecule has 4 atom stereocenters. The second-order valence-corrected chi connectivity index (χ2v) is 18.3. The first kappa shape index (κ1) is 34.3. The van der Waals surface area contributed by atoms with Gasteiger partial charge in [-0.15, -0.1) is 13.2 Å². The predicted molar refractivity (Wildman–Crippen MR) is 158 cm³/mol. The molecule has 38 heavy (non-hydrogen) atoms. The molecule has 0 saturated heterocycles. The number of allylic oxidation sites excluding steroid dienone is 1. The molecule has 8 heteroatoms. The van der Waals surface area contributed by atoms with Gasteiger partial charge in [-0.3, -0.25) is 8.98 Å². The van der Waals surface area contributed by atoms with E-state index in [0.717, 1.165) is 18.4 Å². The lowest BCUT2D eigenvalue weighted by molar-refractivity contribution is -0.152. The van der Waals surface area contributed by atoms with Crippen LogP contribution in [0.25, 0.3) is 0 Å². The van der Waals surface area contributed by atoms with Gasteiger partial charge in [0.2, 0.25) is 0 Å². The second kappa shape index (κ2) is 15.2. The molecule has 0 aliphatic carbocycles. The SMILES string of the molecule is C=CCC(C)C(CCCC(=O)O[C@H](CC=C)[C@H](C)COS(=O)(=O)c1ccc(C)cc1)O[Si](C)(C)C(C)(C)C. The summed E-state index contributed by atoms with van der Waals surface area (Å²) in [5, 5.41) is 0.0983. The van der Waals surface area contributed by atoms with Crippen LogP contribution >= 0.6 is 0 Å². The Balaban J connectivity index is 2.72. The molecule has 0 aliphatic heterocycles. The normalized spacial score (nSPS) is 15.8. The maximum atomic E-state index is 12.7. The molecule has 0 radical (unpaired) electrons. The number of hydrogen-bond donors (Lipinski definition) is 0. The Morgan fingerprint density at radius 2 is 1.58 bits per heavy atom. The third-order valence-corrected chi connectivity index (χ3v) is 13.2. The van der Waals surface area contributed by atoms with Crippen LogP contribution in [0.5, 0.6) is 0 Å². The van der Waals surface area contributed by atoms with Gasteiger partial charge in [0, 0.05) is 24.9 Å². The Morgan fingerprint density at radius 1 is 1.00 bits per heavy atom. The van der Waals surface area contributed by atoms with Crippen molar-refractivity contribution in [3.63, 3.8) is 0 Å². The third kappa shape index (κ3) is 11.2. The van der Waals surface area contributed by atoms with Crippen LogP contribution in [0.15, 0.2) is 54.5 Å². The minimum atomic E-state index is -3.90. The smallest absolute Gasteiger partial charge is 0.306 e. The van der Waals surface area contributed by atoms with Crippen molar-refractivity contribution in [2.24, 2.45) is 11.8 Å². The van der Waals surface area contributed by atoms with Gasteiger partial charge < -0.3 is 9.16 Å². The summed E-state index contributed by atoms with van der Waals surface area (Å²) < 4.78 is 42.9.